The van der Waals surface area contributed by atoms with Crippen molar-refractivity contribution in [2.24, 2.45) is 0 Å². The monoisotopic (exact) mass is 218 g/mol. The zero-order valence-corrected chi connectivity index (χ0v) is 7.38. The van der Waals surface area contributed by atoms with Crippen molar-refractivity contribution in [3.63, 3.8) is 0 Å². The maximum atomic E-state index is 12.9. The summed E-state index contributed by atoms with van der Waals surface area (Å²) in [4.78, 5) is 0. The number of nitrogens with zero attached hydrogens (tertiary/aromatic N) is 1. The topological polar surface area (TPSA) is 33.0 Å². The van der Waals surface area contributed by atoms with Crippen LogP contribution in [0.3, 0.4) is 0 Å². The molecule has 0 aliphatic carbocycles. The molecule has 0 bridgehead atoms. The quantitative estimate of drug-likeness (QED) is 0.576. The molecule has 0 atom stereocenters. The highest BCUT2D eigenvalue weighted by Gasteiger charge is 2.24. The first-order valence-corrected chi connectivity index (χ1v) is 3.96. The summed E-state index contributed by atoms with van der Waals surface area (Å²) in [5.41, 5.74) is -0.236. The Morgan fingerprint density at radius 3 is 2.47 bits per heavy atom. The van der Waals surface area contributed by atoms with Gasteiger partial charge in [-0.05, 0) is 12.1 Å². The molecule has 0 aromatic heterocycles. The minimum absolute atomic E-state index is 0.236. The number of hydrogen-bond donors (Lipinski definition) is 0. The first kappa shape index (κ1) is 11.4. The summed E-state index contributed by atoms with van der Waals surface area (Å²) in [5.74, 6) is -1.14. The van der Waals surface area contributed by atoms with Gasteiger partial charge in [0.25, 0.3) is 0 Å². The van der Waals surface area contributed by atoms with Gasteiger partial charge in [-0.3, -0.25) is 0 Å². The molecule has 1 aromatic rings. The lowest BCUT2D eigenvalue weighted by atomic mass is 9.95. The van der Waals surface area contributed by atoms with Crippen molar-refractivity contribution in [1.29, 1.82) is 5.26 Å². The van der Waals surface area contributed by atoms with Crippen LogP contribution >= 0.6 is 0 Å². The molecule has 0 unspecified atom stereocenters. The van der Waals surface area contributed by atoms with E-state index in [2.05, 4.69) is 4.74 Å². The lowest BCUT2D eigenvalue weighted by molar-refractivity contribution is 0.312. The van der Waals surface area contributed by atoms with Gasteiger partial charge >= 0.3 is 6.98 Å². The molecule has 15 heavy (non-hydrogen) atoms. The van der Waals surface area contributed by atoms with Crippen LogP contribution < -0.4 is 4.74 Å². The third-order valence-electron chi connectivity index (χ3n) is 1.50. The second kappa shape index (κ2) is 4.21. The van der Waals surface area contributed by atoms with E-state index in [1.807, 2.05) is 0 Å². The fraction of sp³-hybridized carbons (Fsp3) is 0.125. The number of rotatable bonds is 3. The highest BCUT2D eigenvalue weighted by molar-refractivity contribution is 6.58. The highest BCUT2D eigenvalue weighted by Crippen LogP contribution is 2.18. The van der Waals surface area contributed by atoms with E-state index < -0.39 is 19.3 Å². The van der Waals surface area contributed by atoms with Gasteiger partial charge < -0.3 is 17.7 Å². The van der Waals surface area contributed by atoms with Gasteiger partial charge in [-0.2, -0.15) is 5.26 Å². The summed E-state index contributed by atoms with van der Waals surface area (Å²) in [6.07, 6.45) is 0. The number of hydrogen-bond acceptors (Lipinski definition) is 2. The Kier molecular flexibility index (Phi) is 3.19. The molecule has 0 amide bonds. The molecule has 2 nitrogen and oxygen atoms in total. The second-order valence-corrected chi connectivity index (χ2v) is 2.77. The Labute approximate surface area is 83.1 Å². The molecule has 0 saturated heterocycles. The van der Waals surface area contributed by atoms with Gasteiger partial charge in [-0.1, -0.05) is 0 Å². The molecule has 80 valence electrons. The maximum absolute atomic E-state index is 12.9. The molecule has 1 aromatic carbocycles. The van der Waals surface area contributed by atoms with E-state index in [4.69, 9.17) is 5.26 Å². The molecular formula is C8H5BF4NO-. The van der Waals surface area contributed by atoms with Gasteiger partial charge in [-0.25, -0.2) is 4.39 Å². The summed E-state index contributed by atoms with van der Waals surface area (Å²) in [7, 11) is 0. The van der Waals surface area contributed by atoms with E-state index in [1.54, 1.807) is 6.07 Å². The van der Waals surface area contributed by atoms with Crippen molar-refractivity contribution in [3.8, 4) is 11.8 Å². The lowest BCUT2D eigenvalue weighted by Crippen LogP contribution is -2.26. The molecule has 0 spiro atoms. The van der Waals surface area contributed by atoms with E-state index in [1.165, 1.54) is 0 Å². The smallest absolute Gasteiger partial charge is 0.515 e. The Morgan fingerprint density at radius 1 is 1.33 bits per heavy atom. The fourth-order valence-corrected chi connectivity index (χ4v) is 0.867. The van der Waals surface area contributed by atoms with E-state index in [0.717, 1.165) is 18.2 Å². The molecule has 0 N–H and O–H groups in total. The van der Waals surface area contributed by atoms with Gasteiger partial charge in [-0.15, -0.1) is 0 Å². The van der Waals surface area contributed by atoms with Crippen molar-refractivity contribution >= 4 is 6.98 Å². The zero-order chi connectivity index (χ0) is 11.5. The van der Waals surface area contributed by atoms with Crippen LogP contribution in [0.25, 0.3) is 0 Å². The summed E-state index contributed by atoms with van der Waals surface area (Å²) in [5, 5.41) is 8.36. The summed E-state index contributed by atoms with van der Waals surface area (Å²) < 4.78 is 52.5. The Morgan fingerprint density at radius 2 is 2.00 bits per heavy atom. The van der Waals surface area contributed by atoms with Crippen LogP contribution in [0, 0.1) is 17.1 Å². The van der Waals surface area contributed by atoms with Gasteiger partial charge in [0, 0.05) is 6.07 Å². The third-order valence-corrected chi connectivity index (χ3v) is 1.50. The normalized spacial score (nSPS) is 10.9. The van der Waals surface area contributed by atoms with Crippen molar-refractivity contribution in [3.05, 3.63) is 29.6 Å². The predicted molar refractivity (Wildman–Crippen MR) is 45.7 cm³/mol. The SMILES string of the molecule is N#Cc1ccc(OC[B-](F)(F)F)cc1F. The molecule has 0 fully saturated rings. The van der Waals surface area contributed by atoms with Gasteiger partial charge in [0.1, 0.15) is 17.6 Å². The van der Waals surface area contributed by atoms with Crippen LogP contribution in [0.2, 0.25) is 0 Å². The second-order valence-electron chi connectivity index (χ2n) is 2.77. The maximum Gasteiger partial charge on any atom is 0.515 e. The van der Waals surface area contributed by atoms with Crippen LogP contribution in [-0.4, -0.2) is 13.5 Å². The first-order chi connectivity index (χ1) is 6.92. The molecule has 0 saturated carbocycles. The summed E-state index contributed by atoms with van der Waals surface area (Å²) in [6.45, 7) is -6.49. The molecule has 7 heteroatoms. The van der Waals surface area contributed by atoms with Gasteiger partial charge in [0.15, 0.2) is 0 Å². The minimum atomic E-state index is -5.06. The predicted octanol–water partition coefficient (Wildman–Crippen LogP) is 2.46. The van der Waals surface area contributed by atoms with Crippen LogP contribution in [0.4, 0.5) is 17.3 Å². The number of halogens is 4. The average Bonchev–Trinajstić information content (AvgIpc) is 2.14. The van der Waals surface area contributed by atoms with Gasteiger partial charge in [0.05, 0.1) is 12.1 Å². The first-order valence-electron chi connectivity index (χ1n) is 3.96. The Hall–Kier alpha value is -1.71. The number of benzene rings is 1. The van der Waals surface area contributed by atoms with Crippen molar-refractivity contribution < 1.29 is 22.1 Å². The molecule has 1 rings (SSSR count). The number of nitriles is 1. The molecule has 0 radical (unpaired) electrons. The van der Waals surface area contributed by atoms with Crippen LogP contribution in [0.5, 0.6) is 5.75 Å². The minimum Gasteiger partial charge on any atom is -0.522 e. The summed E-state index contributed by atoms with van der Waals surface area (Å²) >= 11 is 0. The van der Waals surface area contributed by atoms with Crippen LogP contribution in [-0.2, 0) is 0 Å². The standard InChI is InChI=1S/C8H5BF4NO/c10-8-3-7(2-1-6(8)4-14)15-5-9(11,12)13/h1-3H,5H2/q-1. The van der Waals surface area contributed by atoms with Crippen LogP contribution in [0.15, 0.2) is 18.2 Å². The molecule has 0 heterocycles. The van der Waals surface area contributed by atoms with E-state index in [-0.39, 0.29) is 11.3 Å². The van der Waals surface area contributed by atoms with Crippen molar-refractivity contribution in [2.45, 2.75) is 0 Å². The fourth-order valence-electron chi connectivity index (χ4n) is 0.867. The van der Waals surface area contributed by atoms with E-state index in [0.29, 0.717) is 0 Å². The van der Waals surface area contributed by atoms with E-state index >= 15 is 0 Å². The third kappa shape index (κ3) is 3.50. The average molecular weight is 218 g/mol. The Balaban J connectivity index is 2.73. The Bertz CT molecular complexity index is 399. The van der Waals surface area contributed by atoms with Crippen molar-refractivity contribution in [2.75, 3.05) is 6.51 Å². The molecule has 0 aliphatic heterocycles. The molecular weight excluding hydrogens is 213 g/mol. The largest absolute Gasteiger partial charge is 0.522 e. The molecule has 0 aliphatic rings. The zero-order valence-electron chi connectivity index (χ0n) is 7.38. The lowest BCUT2D eigenvalue weighted by Gasteiger charge is -2.14. The summed E-state index contributed by atoms with van der Waals surface area (Å²) in [6, 6.07) is 4.47. The highest BCUT2D eigenvalue weighted by atomic mass is 19.4. The van der Waals surface area contributed by atoms with Crippen molar-refractivity contribution in [1.82, 2.24) is 0 Å². The van der Waals surface area contributed by atoms with Gasteiger partial charge in [0.2, 0.25) is 0 Å². The van der Waals surface area contributed by atoms with Crippen LogP contribution in [0.1, 0.15) is 5.56 Å². The number of ether oxygens (including phenoxy) is 1. The van der Waals surface area contributed by atoms with E-state index in [9.17, 15) is 17.3 Å².